The van der Waals surface area contributed by atoms with Crippen LogP contribution in [0.2, 0.25) is 0 Å². The largest absolute Gasteiger partial charge is 0.385 e. The van der Waals surface area contributed by atoms with Crippen LogP contribution < -0.4 is 5.32 Å². The molecule has 0 aromatic heterocycles. The first-order chi connectivity index (χ1) is 8.28. The second-order valence-corrected chi connectivity index (χ2v) is 4.88. The molecule has 1 unspecified atom stereocenters. The van der Waals surface area contributed by atoms with Gasteiger partial charge in [0.25, 0.3) is 0 Å². The lowest BCUT2D eigenvalue weighted by atomic mass is 9.98. The highest BCUT2D eigenvalue weighted by atomic mass is 15.1. The van der Waals surface area contributed by atoms with E-state index in [0.29, 0.717) is 0 Å². The van der Waals surface area contributed by atoms with Crippen molar-refractivity contribution in [2.75, 3.05) is 32.0 Å². The monoisotopic (exact) mass is 228 g/mol. The molecule has 1 aliphatic rings. The minimum atomic E-state index is 0.753. The summed E-state index contributed by atoms with van der Waals surface area (Å²) in [6.07, 6.45) is 8.03. The summed E-state index contributed by atoms with van der Waals surface area (Å²) < 4.78 is 0. The Kier molecular flexibility index (Phi) is 4.06. The third-order valence-corrected chi connectivity index (χ3v) is 3.35. The fourth-order valence-electron chi connectivity index (χ4n) is 2.42. The van der Waals surface area contributed by atoms with Crippen LogP contribution in [-0.4, -0.2) is 31.6 Å². The summed E-state index contributed by atoms with van der Waals surface area (Å²) in [5, 5.41) is 3.49. The molecule has 2 nitrogen and oxygen atoms in total. The summed E-state index contributed by atoms with van der Waals surface area (Å²) in [7, 11) is 2.20. The Hall–Kier alpha value is -1.46. The Balaban J connectivity index is 1.87. The van der Waals surface area contributed by atoms with E-state index in [2.05, 4.69) is 29.3 Å². The molecule has 0 aliphatic carbocycles. The highest BCUT2D eigenvalue weighted by Crippen LogP contribution is 2.17. The predicted molar refractivity (Wildman–Crippen MR) is 73.1 cm³/mol. The molecule has 1 aromatic rings. The van der Waals surface area contributed by atoms with Crippen molar-refractivity contribution in [3.63, 3.8) is 0 Å². The third kappa shape index (κ3) is 3.51. The molecule has 1 heterocycles. The lowest BCUT2D eigenvalue weighted by molar-refractivity contribution is 0.217. The number of benzene rings is 1. The van der Waals surface area contributed by atoms with Gasteiger partial charge in [-0.25, -0.2) is 0 Å². The normalized spacial score (nSPS) is 20.8. The second-order valence-electron chi connectivity index (χ2n) is 4.88. The Bertz CT molecular complexity index is 406. The molecule has 1 fully saturated rings. The Morgan fingerprint density at radius 2 is 2.41 bits per heavy atom. The SMILES string of the molecule is C#Cc1cccc(NCC2CCCN(C)C2)c1. The van der Waals surface area contributed by atoms with Gasteiger partial charge in [-0.15, -0.1) is 6.42 Å². The van der Waals surface area contributed by atoms with Crippen LogP contribution in [0.5, 0.6) is 0 Å². The molecule has 1 aliphatic heterocycles. The van der Waals surface area contributed by atoms with E-state index in [4.69, 9.17) is 6.42 Å². The summed E-state index contributed by atoms with van der Waals surface area (Å²) in [5.74, 6) is 3.42. The van der Waals surface area contributed by atoms with Gasteiger partial charge in [0.2, 0.25) is 0 Å². The maximum Gasteiger partial charge on any atom is 0.0352 e. The molecule has 0 saturated carbocycles. The van der Waals surface area contributed by atoms with Gasteiger partial charge in [-0.1, -0.05) is 12.0 Å². The number of rotatable bonds is 3. The summed E-state index contributed by atoms with van der Waals surface area (Å²) in [5.41, 5.74) is 2.07. The molecule has 1 atom stereocenters. The van der Waals surface area contributed by atoms with Gasteiger partial charge in [0, 0.05) is 24.3 Å². The molecule has 1 aromatic carbocycles. The van der Waals surface area contributed by atoms with E-state index in [1.54, 1.807) is 0 Å². The van der Waals surface area contributed by atoms with Crippen LogP contribution in [-0.2, 0) is 0 Å². The van der Waals surface area contributed by atoms with E-state index in [1.807, 2.05) is 18.2 Å². The quantitative estimate of drug-likeness (QED) is 0.799. The fourth-order valence-corrected chi connectivity index (χ4v) is 2.42. The number of hydrogen-bond acceptors (Lipinski definition) is 2. The van der Waals surface area contributed by atoms with E-state index in [9.17, 15) is 0 Å². The Labute approximate surface area is 104 Å². The zero-order valence-corrected chi connectivity index (χ0v) is 10.4. The molecular formula is C15H20N2. The minimum absolute atomic E-state index is 0.753. The molecule has 0 spiro atoms. The van der Waals surface area contributed by atoms with Crippen LogP contribution in [0, 0.1) is 18.3 Å². The van der Waals surface area contributed by atoms with E-state index < -0.39 is 0 Å². The van der Waals surface area contributed by atoms with Gasteiger partial charge in [-0.05, 0) is 50.6 Å². The van der Waals surface area contributed by atoms with Crippen molar-refractivity contribution < 1.29 is 0 Å². The average Bonchev–Trinajstić information content (AvgIpc) is 2.37. The van der Waals surface area contributed by atoms with Crippen LogP contribution in [0.4, 0.5) is 5.69 Å². The third-order valence-electron chi connectivity index (χ3n) is 3.35. The second kappa shape index (κ2) is 5.75. The highest BCUT2D eigenvalue weighted by molar-refractivity contribution is 5.49. The minimum Gasteiger partial charge on any atom is -0.385 e. The summed E-state index contributed by atoms with van der Waals surface area (Å²) in [6.45, 7) is 3.48. The number of piperidine rings is 1. The number of anilines is 1. The maximum absolute atomic E-state index is 5.39. The van der Waals surface area contributed by atoms with Gasteiger partial charge in [-0.2, -0.15) is 0 Å². The molecule has 1 N–H and O–H groups in total. The first kappa shape index (κ1) is 12.0. The Morgan fingerprint density at radius 1 is 1.53 bits per heavy atom. The summed E-state index contributed by atoms with van der Waals surface area (Å²) in [4.78, 5) is 2.41. The van der Waals surface area contributed by atoms with Crippen LogP contribution in [0.15, 0.2) is 24.3 Å². The van der Waals surface area contributed by atoms with Crippen molar-refractivity contribution in [1.29, 1.82) is 0 Å². The van der Waals surface area contributed by atoms with E-state index in [0.717, 1.165) is 23.7 Å². The standard InChI is InChI=1S/C15H20N2/c1-3-13-6-4-8-15(10-13)16-11-14-7-5-9-17(2)12-14/h1,4,6,8,10,14,16H,5,7,9,11-12H2,2H3. The molecule has 0 radical (unpaired) electrons. The van der Waals surface area contributed by atoms with Gasteiger partial charge in [0.1, 0.15) is 0 Å². The van der Waals surface area contributed by atoms with E-state index in [-0.39, 0.29) is 0 Å². The molecule has 2 heteroatoms. The van der Waals surface area contributed by atoms with Crippen molar-refractivity contribution in [3.05, 3.63) is 29.8 Å². The van der Waals surface area contributed by atoms with Gasteiger partial charge in [0.05, 0.1) is 0 Å². The van der Waals surface area contributed by atoms with Crippen molar-refractivity contribution in [2.45, 2.75) is 12.8 Å². The van der Waals surface area contributed by atoms with Gasteiger partial charge in [-0.3, -0.25) is 0 Å². The number of nitrogens with one attached hydrogen (secondary N) is 1. The molecule has 2 rings (SSSR count). The van der Waals surface area contributed by atoms with E-state index >= 15 is 0 Å². The molecular weight excluding hydrogens is 208 g/mol. The van der Waals surface area contributed by atoms with Crippen LogP contribution in [0.3, 0.4) is 0 Å². The number of likely N-dealkylation sites (tertiary alicyclic amines) is 1. The zero-order chi connectivity index (χ0) is 12.1. The average molecular weight is 228 g/mol. The van der Waals surface area contributed by atoms with Crippen molar-refractivity contribution in [2.24, 2.45) is 5.92 Å². The Morgan fingerprint density at radius 3 is 3.18 bits per heavy atom. The summed E-state index contributed by atoms with van der Waals surface area (Å²) >= 11 is 0. The molecule has 1 saturated heterocycles. The van der Waals surface area contributed by atoms with Crippen molar-refractivity contribution in [3.8, 4) is 12.3 Å². The van der Waals surface area contributed by atoms with Gasteiger partial charge >= 0.3 is 0 Å². The number of terminal acetylenes is 1. The van der Waals surface area contributed by atoms with Crippen LogP contribution >= 0.6 is 0 Å². The predicted octanol–water partition coefficient (Wildman–Crippen LogP) is 2.42. The first-order valence-corrected chi connectivity index (χ1v) is 6.27. The smallest absolute Gasteiger partial charge is 0.0352 e. The van der Waals surface area contributed by atoms with Gasteiger partial charge < -0.3 is 10.2 Å². The van der Waals surface area contributed by atoms with Crippen LogP contribution in [0.25, 0.3) is 0 Å². The number of nitrogens with zero attached hydrogens (tertiary/aromatic N) is 1. The molecule has 90 valence electrons. The molecule has 0 amide bonds. The highest BCUT2D eigenvalue weighted by Gasteiger charge is 2.16. The molecule has 0 bridgehead atoms. The fraction of sp³-hybridized carbons (Fsp3) is 0.467. The number of hydrogen-bond donors (Lipinski definition) is 1. The lowest BCUT2D eigenvalue weighted by Crippen LogP contribution is -2.35. The first-order valence-electron chi connectivity index (χ1n) is 6.27. The van der Waals surface area contributed by atoms with E-state index in [1.165, 1.54) is 25.9 Å². The summed E-state index contributed by atoms with van der Waals surface area (Å²) in [6, 6.07) is 8.07. The van der Waals surface area contributed by atoms with Crippen molar-refractivity contribution >= 4 is 5.69 Å². The zero-order valence-electron chi connectivity index (χ0n) is 10.4. The lowest BCUT2D eigenvalue weighted by Gasteiger charge is -2.30. The molecule has 17 heavy (non-hydrogen) atoms. The van der Waals surface area contributed by atoms with Crippen LogP contribution in [0.1, 0.15) is 18.4 Å². The topological polar surface area (TPSA) is 15.3 Å². The van der Waals surface area contributed by atoms with Crippen molar-refractivity contribution in [1.82, 2.24) is 4.90 Å². The maximum atomic E-state index is 5.39. The van der Waals surface area contributed by atoms with Gasteiger partial charge in [0.15, 0.2) is 0 Å².